The molecule has 29 heavy (non-hydrogen) atoms. The molecular weight excluding hydrogens is 410 g/mol. The fourth-order valence-electron chi connectivity index (χ4n) is 3.45. The minimum Gasteiger partial charge on any atom is -0.497 e. The number of ether oxygens (including phenoxy) is 1. The summed E-state index contributed by atoms with van der Waals surface area (Å²) in [5, 5.41) is 3.25. The average molecular weight is 432 g/mol. The van der Waals surface area contributed by atoms with Gasteiger partial charge in [-0.15, -0.1) is 0 Å². The molecule has 0 saturated carbocycles. The van der Waals surface area contributed by atoms with E-state index in [1.54, 1.807) is 20.1 Å². The molecular formula is C20H21N3O4S2. The maximum atomic E-state index is 13.1. The van der Waals surface area contributed by atoms with Crippen LogP contribution in [0.25, 0.3) is 10.2 Å². The zero-order chi connectivity index (χ0) is 20.6. The van der Waals surface area contributed by atoms with Crippen molar-refractivity contribution in [2.45, 2.75) is 25.9 Å². The second-order valence-electron chi connectivity index (χ2n) is 6.78. The number of carbonyl (C=O) groups is 1. The van der Waals surface area contributed by atoms with Crippen LogP contribution in [0.5, 0.6) is 5.75 Å². The summed E-state index contributed by atoms with van der Waals surface area (Å²) in [5.74, 6) is 0.283. The smallest absolute Gasteiger partial charge is 0.244 e. The first kappa shape index (κ1) is 19.8. The van der Waals surface area contributed by atoms with Crippen LogP contribution in [-0.2, 0) is 27.8 Å². The maximum absolute atomic E-state index is 13.1. The number of rotatable bonds is 5. The van der Waals surface area contributed by atoms with Gasteiger partial charge in [-0.3, -0.25) is 4.79 Å². The van der Waals surface area contributed by atoms with Crippen molar-refractivity contribution in [3.8, 4) is 5.75 Å². The van der Waals surface area contributed by atoms with Crippen LogP contribution in [0.1, 0.15) is 18.1 Å². The van der Waals surface area contributed by atoms with Gasteiger partial charge in [0.1, 0.15) is 11.8 Å². The van der Waals surface area contributed by atoms with Gasteiger partial charge in [0, 0.05) is 6.54 Å². The molecule has 1 aromatic heterocycles. The predicted octanol–water partition coefficient (Wildman–Crippen LogP) is 3.02. The summed E-state index contributed by atoms with van der Waals surface area (Å²) in [6, 6.07) is 12.3. The highest BCUT2D eigenvalue weighted by atomic mass is 32.2. The van der Waals surface area contributed by atoms with Crippen molar-refractivity contribution in [1.82, 2.24) is 9.29 Å². The first-order chi connectivity index (χ1) is 13.9. The fourth-order valence-corrected chi connectivity index (χ4v) is 5.58. The Kier molecular flexibility index (Phi) is 5.28. The van der Waals surface area contributed by atoms with Crippen LogP contribution < -0.4 is 10.1 Å². The molecule has 1 aliphatic rings. The number of thiazole rings is 1. The average Bonchev–Trinajstić information content (AvgIpc) is 3.13. The standard InChI is InChI=1S/C20H21N3O4S2/c1-3-29(25,26)23-12-14-7-5-4-6-13(14)10-17(23)19(24)22-20-21-16-9-8-15(27-2)11-18(16)28-20/h4-9,11,17H,3,10,12H2,1-2H3,(H,21,22,24)/t17-/m0/s1. The van der Waals surface area contributed by atoms with Crippen LogP contribution in [0.2, 0.25) is 0 Å². The summed E-state index contributed by atoms with van der Waals surface area (Å²) in [7, 11) is -1.95. The van der Waals surface area contributed by atoms with Crippen molar-refractivity contribution in [2.24, 2.45) is 0 Å². The third-order valence-electron chi connectivity index (χ3n) is 5.06. The van der Waals surface area contributed by atoms with Gasteiger partial charge in [-0.25, -0.2) is 13.4 Å². The van der Waals surface area contributed by atoms with Crippen molar-refractivity contribution in [3.05, 3.63) is 53.6 Å². The van der Waals surface area contributed by atoms with Gasteiger partial charge in [0.15, 0.2) is 5.13 Å². The molecule has 2 aromatic carbocycles. The molecule has 3 aromatic rings. The number of methoxy groups -OCH3 is 1. The Balaban J connectivity index is 1.63. The van der Waals surface area contributed by atoms with E-state index in [0.717, 1.165) is 21.3 Å². The Morgan fingerprint density at radius 1 is 1.28 bits per heavy atom. The molecule has 0 bridgehead atoms. The summed E-state index contributed by atoms with van der Waals surface area (Å²) in [6.07, 6.45) is 0.333. The minimum absolute atomic E-state index is 0.0557. The highest BCUT2D eigenvalue weighted by molar-refractivity contribution is 7.89. The van der Waals surface area contributed by atoms with Crippen molar-refractivity contribution in [1.29, 1.82) is 0 Å². The van der Waals surface area contributed by atoms with E-state index < -0.39 is 16.1 Å². The summed E-state index contributed by atoms with van der Waals surface area (Å²) in [4.78, 5) is 17.5. The molecule has 152 valence electrons. The quantitative estimate of drug-likeness (QED) is 0.671. The van der Waals surface area contributed by atoms with E-state index in [1.807, 2.05) is 36.4 Å². The topological polar surface area (TPSA) is 88.6 Å². The van der Waals surface area contributed by atoms with Gasteiger partial charge in [-0.1, -0.05) is 35.6 Å². The summed E-state index contributed by atoms with van der Waals surface area (Å²) >= 11 is 1.33. The molecule has 0 unspecified atom stereocenters. The highest BCUT2D eigenvalue weighted by Crippen LogP contribution is 2.31. The molecule has 1 amide bonds. The molecule has 7 nitrogen and oxygen atoms in total. The number of benzene rings is 2. The van der Waals surface area contributed by atoms with Crippen LogP contribution in [0.3, 0.4) is 0 Å². The molecule has 9 heteroatoms. The minimum atomic E-state index is -3.55. The van der Waals surface area contributed by atoms with Crippen LogP contribution in [0.15, 0.2) is 42.5 Å². The Labute approximate surface area is 173 Å². The first-order valence-electron chi connectivity index (χ1n) is 9.23. The van der Waals surface area contributed by atoms with Crippen LogP contribution >= 0.6 is 11.3 Å². The second kappa shape index (κ2) is 7.74. The van der Waals surface area contributed by atoms with Gasteiger partial charge in [0.2, 0.25) is 15.9 Å². The van der Waals surface area contributed by atoms with Crippen molar-refractivity contribution >= 4 is 42.6 Å². The molecule has 0 fully saturated rings. The molecule has 0 saturated heterocycles. The van der Waals surface area contributed by atoms with E-state index in [4.69, 9.17) is 4.74 Å². The van der Waals surface area contributed by atoms with Gasteiger partial charge in [-0.05, 0) is 42.7 Å². The molecule has 2 heterocycles. The number of fused-ring (bicyclic) bond motifs is 2. The Hall–Kier alpha value is -2.49. The molecule has 0 spiro atoms. The summed E-state index contributed by atoms with van der Waals surface area (Å²) in [5.41, 5.74) is 2.67. The molecule has 1 atom stereocenters. The molecule has 1 N–H and O–H groups in total. The Morgan fingerprint density at radius 2 is 2.03 bits per heavy atom. The van der Waals surface area contributed by atoms with E-state index in [1.165, 1.54) is 15.6 Å². The number of anilines is 1. The lowest BCUT2D eigenvalue weighted by molar-refractivity contribution is -0.120. The molecule has 4 rings (SSSR count). The highest BCUT2D eigenvalue weighted by Gasteiger charge is 2.38. The fraction of sp³-hybridized carbons (Fsp3) is 0.300. The van der Waals surface area contributed by atoms with Crippen molar-refractivity contribution < 1.29 is 17.9 Å². The van der Waals surface area contributed by atoms with Gasteiger partial charge >= 0.3 is 0 Å². The number of hydrogen-bond acceptors (Lipinski definition) is 6. The summed E-state index contributed by atoms with van der Waals surface area (Å²) in [6.45, 7) is 1.78. The van der Waals surface area contributed by atoms with E-state index in [0.29, 0.717) is 17.3 Å². The number of nitrogens with one attached hydrogen (secondary N) is 1. The number of aromatic nitrogens is 1. The number of carbonyl (C=O) groups excluding carboxylic acids is 1. The number of nitrogens with zero attached hydrogens (tertiary/aromatic N) is 2. The van der Waals surface area contributed by atoms with Crippen LogP contribution in [-0.4, -0.2) is 42.5 Å². The molecule has 1 aliphatic heterocycles. The van der Waals surface area contributed by atoms with Crippen LogP contribution in [0, 0.1) is 0 Å². The van der Waals surface area contributed by atoms with Gasteiger partial charge < -0.3 is 10.1 Å². The van der Waals surface area contributed by atoms with E-state index in [-0.39, 0.29) is 18.2 Å². The van der Waals surface area contributed by atoms with Gasteiger partial charge in [0.25, 0.3) is 0 Å². The number of hydrogen-bond donors (Lipinski definition) is 1. The van der Waals surface area contributed by atoms with E-state index in [9.17, 15) is 13.2 Å². The monoisotopic (exact) mass is 431 g/mol. The Bertz CT molecular complexity index is 1170. The van der Waals surface area contributed by atoms with Crippen molar-refractivity contribution in [2.75, 3.05) is 18.2 Å². The lowest BCUT2D eigenvalue weighted by atomic mass is 9.95. The zero-order valence-corrected chi connectivity index (χ0v) is 17.7. The van der Waals surface area contributed by atoms with Gasteiger partial charge in [0.05, 0.1) is 23.1 Å². The van der Waals surface area contributed by atoms with Gasteiger partial charge in [-0.2, -0.15) is 4.31 Å². The third-order valence-corrected chi connectivity index (χ3v) is 7.82. The normalized spacial score (nSPS) is 17.1. The largest absolute Gasteiger partial charge is 0.497 e. The van der Waals surface area contributed by atoms with Crippen LogP contribution in [0.4, 0.5) is 5.13 Å². The lowest BCUT2D eigenvalue weighted by Crippen LogP contribution is -2.51. The summed E-state index contributed by atoms with van der Waals surface area (Å²) < 4.78 is 32.7. The molecule has 0 aliphatic carbocycles. The first-order valence-corrected chi connectivity index (χ1v) is 11.7. The maximum Gasteiger partial charge on any atom is 0.244 e. The number of amides is 1. The Morgan fingerprint density at radius 3 is 2.76 bits per heavy atom. The zero-order valence-electron chi connectivity index (χ0n) is 16.1. The second-order valence-corrected chi connectivity index (χ2v) is 10.0. The predicted molar refractivity (Wildman–Crippen MR) is 114 cm³/mol. The lowest BCUT2D eigenvalue weighted by Gasteiger charge is -2.34. The van der Waals surface area contributed by atoms with Crippen molar-refractivity contribution in [3.63, 3.8) is 0 Å². The van der Waals surface area contributed by atoms with E-state index >= 15 is 0 Å². The SMILES string of the molecule is CCS(=O)(=O)N1Cc2ccccc2C[C@H]1C(=O)Nc1nc2ccc(OC)cc2s1. The third kappa shape index (κ3) is 3.85. The van der Waals surface area contributed by atoms with E-state index in [2.05, 4.69) is 10.3 Å². The number of sulfonamides is 1. The molecule has 0 radical (unpaired) electrons.